The minimum atomic E-state index is -3.67. The van der Waals surface area contributed by atoms with E-state index in [9.17, 15) is 8.42 Å². The molecule has 0 fully saturated rings. The SMILES string of the molecule is COc1ccc(C(NS(=O)(=O)N(C)C)c2nccn2C)cc1OC. The van der Waals surface area contributed by atoms with Crippen LogP contribution in [0.25, 0.3) is 0 Å². The number of nitrogens with one attached hydrogen (secondary N) is 1. The lowest BCUT2D eigenvalue weighted by Gasteiger charge is -2.22. The summed E-state index contributed by atoms with van der Waals surface area (Å²) in [4.78, 5) is 4.28. The van der Waals surface area contributed by atoms with Gasteiger partial charge < -0.3 is 14.0 Å². The van der Waals surface area contributed by atoms with E-state index < -0.39 is 16.3 Å². The molecule has 1 atom stereocenters. The Kier molecular flexibility index (Phi) is 5.47. The second-order valence-corrected chi connectivity index (χ2v) is 7.27. The van der Waals surface area contributed by atoms with Crippen molar-refractivity contribution in [2.75, 3.05) is 28.3 Å². The molecule has 0 aliphatic carbocycles. The summed E-state index contributed by atoms with van der Waals surface area (Å²) in [6.45, 7) is 0. The first-order valence-electron chi connectivity index (χ1n) is 7.19. The molecular formula is C15H22N4O4S. The van der Waals surface area contributed by atoms with E-state index in [2.05, 4.69) is 9.71 Å². The van der Waals surface area contributed by atoms with Crippen molar-refractivity contribution in [2.45, 2.75) is 6.04 Å². The Bertz CT molecular complexity index is 802. The van der Waals surface area contributed by atoms with Crippen LogP contribution in [0, 0.1) is 0 Å². The first-order chi connectivity index (χ1) is 11.3. The van der Waals surface area contributed by atoms with Gasteiger partial charge in [-0.25, -0.2) is 4.98 Å². The zero-order valence-corrected chi connectivity index (χ0v) is 15.2. The zero-order chi connectivity index (χ0) is 17.9. The van der Waals surface area contributed by atoms with Crippen LogP contribution in [0.1, 0.15) is 17.4 Å². The smallest absolute Gasteiger partial charge is 0.279 e. The maximum Gasteiger partial charge on any atom is 0.279 e. The van der Waals surface area contributed by atoms with Gasteiger partial charge in [-0.3, -0.25) is 0 Å². The van der Waals surface area contributed by atoms with E-state index in [1.54, 1.807) is 49.3 Å². The molecule has 0 saturated heterocycles. The van der Waals surface area contributed by atoms with Crippen molar-refractivity contribution in [3.05, 3.63) is 42.0 Å². The number of rotatable bonds is 7. The maximum absolute atomic E-state index is 12.3. The monoisotopic (exact) mass is 354 g/mol. The highest BCUT2D eigenvalue weighted by Gasteiger charge is 2.26. The molecule has 0 spiro atoms. The highest BCUT2D eigenvalue weighted by atomic mass is 32.2. The van der Waals surface area contributed by atoms with Crippen LogP contribution < -0.4 is 14.2 Å². The Balaban J connectivity index is 2.53. The molecule has 2 rings (SSSR count). The van der Waals surface area contributed by atoms with Gasteiger partial charge in [-0.2, -0.15) is 17.4 Å². The number of ether oxygens (including phenoxy) is 2. The summed E-state index contributed by atoms with van der Waals surface area (Å²) in [6, 6.07) is 4.57. The molecule has 1 unspecified atom stereocenters. The van der Waals surface area contributed by atoms with Crippen LogP contribution in [-0.4, -0.2) is 50.6 Å². The minimum Gasteiger partial charge on any atom is -0.493 e. The average molecular weight is 354 g/mol. The third-order valence-corrected chi connectivity index (χ3v) is 5.10. The molecule has 1 N–H and O–H groups in total. The van der Waals surface area contributed by atoms with Crippen molar-refractivity contribution in [1.82, 2.24) is 18.6 Å². The van der Waals surface area contributed by atoms with Crippen LogP contribution in [0.15, 0.2) is 30.6 Å². The quantitative estimate of drug-likeness (QED) is 0.799. The summed E-state index contributed by atoms with van der Waals surface area (Å²) in [5.41, 5.74) is 0.687. The predicted octanol–water partition coefficient (Wildman–Crippen LogP) is 0.923. The van der Waals surface area contributed by atoms with E-state index in [4.69, 9.17) is 9.47 Å². The van der Waals surface area contributed by atoms with E-state index in [-0.39, 0.29) is 0 Å². The van der Waals surface area contributed by atoms with Crippen LogP contribution in [0.5, 0.6) is 11.5 Å². The molecule has 0 radical (unpaired) electrons. The Labute approximate surface area is 142 Å². The van der Waals surface area contributed by atoms with E-state index in [1.165, 1.54) is 21.2 Å². The summed E-state index contributed by atoms with van der Waals surface area (Å²) in [5.74, 6) is 1.64. The number of hydrogen-bond acceptors (Lipinski definition) is 5. The van der Waals surface area contributed by atoms with Gasteiger partial charge in [0.2, 0.25) is 0 Å². The number of hydrogen-bond donors (Lipinski definition) is 1. The van der Waals surface area contributed by atoms with E-state index in [0.29, 0.717) is 22.9 Å². The van der Waals surface area contributed by atoms with Gasteiger partial charge in [0.25, 0.3) is 10.2 Å². The second-order valence-electron chi connectivity index (χ2n) is 5.35. The van der Waals surface area contributed by atoms with E-state index in [0.717, 1.165) is 4.31 Å². The molecule has 132 valence electrons. The number of aryl methyl sites for hydroxylation is 1. The van der Waals surface area contributed by atoms with Crippen molar-refractivity contribution >= 4 is 10.2 Å². The van der Waals surface area contributed by atoms with Crippen molar-refractivity contribution < 1.29 is 17.9 Å². The number of methoxy groups -OCH3 is 2. The standard InChI is InChI=1S/C15H22N4O4S/c1-18(2)24(20,21)17-14(15-16-8-9-19(15)3)11-6-7-12(22-4)13(10-11)23-5/h6-10,14,17H,1-5H3. The fraction of sp³-hybridized carbons (Fsp3) is 0.400. The number of aromatic nitrogens is 2. The summed E-state index contributed by atoms with van der Waals surface area (Å²) in [7, 11) is 4.14. The molecule has 1 aromatic carbocycles. The van der Waals surface area contributed by atoms with Gasteiger partial charge in [-0.1, -0.05) is 6.07 Å². The van der Waals surface area contributed by atoms with E-state index >= 15 is 0 Å². The lowest BCUT2D eigenvalue weighted by molar-refractivity contribution is 0.354. The van der Waals surface area contributed by atoms with Crippen LogP contribution in [0.3, 0.4) is 0 Å². The molecule has 2 aromatic rings. The molecular weight excluding hydrogens is 332 g/mol. The largest absolute Gasteiger partial charge is 0.493 e. The topological polar surface area (TPSA) is 85.7 Å². The average Bonchev–Trinajstić information content (AvgIpc) is 2.97. The molecule has 0 saturated carbocycles. The van der Waals surface area contributed by atoms with Crippen molar-refractivity contribution in [3.8, 4) is 11.5 Å². The van der Waals surface area contributed by atoms with Gasteiger partial charge in [0.1, 0.15) is 11.9 Å². The molecule has 1 heterocycles. The zero-order valence-electron chi connectivity index (χ0n) is 14.3. The van der Waals surface area contributed by atoms with Crippen LogP contribution in [0.4, 0.5) is 0 Å². The van der Waals surface area contributed by atoms with Gasteiger partial charge in [-0.05, 0) is 17.7 Å². The summed E-state index contributed by atoms with van der Waals surface area (Å²) < 4.78 is 40.7. The lowest BCUT2D eigenvalue weighted by Crippen LogP contribution is -2.39. The van der Waals surface area contributed by atoms with Gasteiger partial charge >= 0.3 is 0 Å². The van der Waals surface area contributed by atoms with Gasteiger partial charge in [-0.15, -0.1) is 0 Å². The van der Waals surface area contributed by atoms with E-state index in [1.807, 2.05) is 0 Å². The first kappa shape index (κ1) is 18.2. The third kappa shape index (κ3) is 3.69. The molecule has 0 aliphatic rings. The number of imidazole rings is 1. The summed E-state index contributed by atoms with van der Waals surface area (Å²) in [5, 5.41) is 0. The third-order valence-electron chi connectivity index (χ3n) is 3.61. The molecule has 9 heteroatoms. The molecule has 24 heavy (non-hydrogen) atoms. The highest BCUT2D eigenvalue weighted by Crippen LogP contribution is 2.32. The second kappa shape index (κ2) is 7.20. The molecule has 0 bridgehead atoms. The Morgan fingerprint density at radius 1 is 1.21 bits per heavy atom. The first-order valence-corrected chi connectivity index (χ1v) is 8.63. The molecule has 8 nitrogen and oxygen atoms in total. The summed E-state index contributed by atoms with van der Waals surface area (Å²) in [6.07, 6.45) is 3.38. The normalized spacial score (nSPS) is 13.1. The van der Waals surface area contributed by atoms with Crippen LogP contribution in [0.2, 0.25) is 0 Å². The van der Waals surface area contributed by atoms with Gasteiger partial charge in [0, 0.05) is 33.5 Å². The molecule has 1 aromatic heterocycles. The minimum absolute atomic E-state index is 0.512. The fourth-order valence-electron chi connectivity index (χ4n) is 2.21. The predicted molar refractivity (Wildman–Crippen MR) is 90.3 cm³/mol. The van der Waals surface area contributed by atoms with Gasteiger partial charge in [0.05, 0.1) is 14.2 Å². The number of benzene rings is 1. The maximum atomic E-state index is 12.3. The highest BCUT2D eigenvalue weighted by molar-refractivity contribution is 7.87. The van der Waals surface area contributed by atoms with Crippen LogP contribution >= 0.6 is 0 Å². The van der Waals surface area contributed by atoms with Crippen molar-refractivity contribution in [1.29, 1.82) is 0 Å². The number of nitrogens with zero attached hydrogens (tertiary/aromatic N) is 3. The van der Waals surface area contributed by atoms with Crippen LogP contribution in [-0.2, 0) is 17.3 Å². The van der Waals surface area contributed by atoms with Crippen molar-refractivity contribution in [3.63, 3.8) is 0 Å². The Morgan fingerprint density at radius 3 is 2.38 bits per heavy atom. The van der Waals surface area contributed by atoms with Gasteiger partial charge in [0.15, 0.2) is 11.5 Å². The lowest BCUT2D eigenvalue weighted by atomic mass is 10.1. The Hall–Kier alpha value is -2.10. The fourth-order valence-corrected chi connectivity index (χ4v) is 2.96. The molecule has 0 aliphatic heterocycles. The Morgan fingerprint density at radius 2 is 1.88 bits per heavy atom. The molecule has 0 amide bonds. The van der Waals surface area contributed by atoms with Crippen molar-refractivity contribution in [2.24, 2.45) is 7.05 Å². The summed E-state index contributed by atoms with van der Waals surface area (Å²) >= 11 is 0.